The molecular weight excluding hydrogens is 380 g/mol. The first-order valence-corrected chi connectivity index (χ1v) is 10.4. The molecule has 30 heavy (non-hydrogen) atoms. The summed E-state index contributed by atoms with van der Waals surface area (Å²) in [5.41, 5.74) is 2.00. The standard InChI is InChI=1S/C24H30N2O4/c1-17(2)14-25-24(28)18(3)26(15-20-7-5-4-6-8-20)23(27)12-10-19-9-11-21-22(13-19)30-16-29-21/h4-9,11,13,17-18H,10,12,14-16H2,1-3H3,(H,25,28). The van der Waals surface area contributed by atoms with E-state index in [1.54, 1.807) is 11.8 Å². The highest BCUT2D eigenvalue weighted by Crippen LogP contribution is 2.32. The van der Waals surface area contributed by atoms with E-state index in [0.29, 0.717) is 37.6 Å². The second-order valence-corrected chi connectivity index (χ2v) is 8.01. The van der Waals surface area contributed by atoms with Crippen LogP contribution in [0.4, 0.5) is 0 Å². The molecule has 1 aliphatic heterocycles. The molecule has 0 aromatic heterocycles. The van der Waals surface area contributed by atoms with Crippen LogP contribution in [0.5, 0.6) is 11.5 Å². The minimum absolute atomic E-state index is 0.0521. The normalized spacial score (nSPS) is 13.2. The molecule has 0 bridgehead atoms. The Morgan fingerprint density at radius 3 is 2.47 bits per heavy atom. The predicted molar refractivity (Wildman–Crippen MR) is 115 cm³/mol. The van der Waals surface area contributed by atoms with Crippen molar-refractivity contribution < 1.29 is 19.1 Å². The van der Waals surface area contributed by atoms with Crippen molar-refractivity contribution in [3.05, 3.63) is 59.7 Å². The van der Waals surface area contributed by atoms with E-state index in [0.717, 1.165) is 16.9 Å². The van der Waals surface area contributed by atoms with E-state index < -0.39 is 6.04 Å². The van der Waals surface area contributed by atoms with Crippen LogP contribution in [0, 0.1) is 5.92 Å². The molecule has 1 aliphatic rings. The van der Waals surface area contributed by atoms with Crippen LogP contribution in [0.15, 0.2) is 48.5 Å². The zero-order valence-electron chi connectivity index (χ0n) is 17.9. The van der Waals surface area contributed by atoms with Gasteiger partial charge in [-0.2, -0.15) is 0 Å². The summed E-state index contributed by atoms with van der Waals surface area (Å²) < 4.78 is 10.8. The number of benzene rings is 2. The Hall–Kier alpha value is -3.02. The molecule has 0 aliphatic carbocycles. The van der Waals surface area contributed by atoms with E-state index in [1.165, 1.54) is 0 Å². The van der Waals surface area contributed by atoms with Gasteiger partial charge in [-0.15, -0.1) is 0 Å². The molecule has 3 rings (SSSR count). The van der Waals surface area contributed by atoms with Crippen molar-refractivity contribution in [3.8, 4) is 11.5 Å². The number of nitrogens with one attached hydrogen (secondary N) is 1. The molecule has 1 unspecified atom stereocenters. The number of hydrogen-bond donors (Lipinski definition) is 1. The number of hydrogen-bond acceptors (Lipinski definition) is 4. The van der Waals surface area contributed by atoms with Crippen molar-refractivity contribution in [1.82, 2.24) is 10.2 Å². The summed E-state index contributed by atoms with van der Waals surface area (Å²) in [6, 6.07) is 14.9. The molecule has 2 aromatic carbocycles. The summed E-state index contributed by atoms with van der Waals surface area (Å²) in [5, 5.41) is 2.94. The van der Waals surface area contributed by atoms with Crippen molar-refractivity contribution in [1.29, 1.82) is 0 Å². The Balaban J connectivity index is 1.68. The minimum atomic E-state index is -0.548. The minimum Gasteiger partial charge on any atom is -0.454 e. The Morgan fingerprint density at radius 1 is 1.00 bits per heavy atom. The summed E-state index contributed by atoms with van der Waals surface area (Å²) in [4.78, 5) is 27.4. The number of fused-ring (bicyclic) bond motifs is 1. The first-order valence-electron chi connectivity index (χ1n) is 10.4. The van der Waals surface area contributed by atoms with Crippen LogP contribution in [0.2, 0.25) is 0 Å². The van der Waals surface area contributed by atoms with E-state index in [2.05, 4.69) is 5.32 Å². The van der Waals surface area contributed by atoms with Crippen molar-refractivity contribution in [2.24, 2.45) is 5.92 Å². The van der Waals surface area contributed by atoms with Crippen LogP contribution in [0.25, 0.3) is 0 Å². The number of carbonyl (C=O) groups excluding carboxylic acids is 2. The molecule has 1 atom stereocenters. The molecule has 0 saturated carbocycles. The van der Waals surface area contributed by atoms with E-state index >= 15 is 0 Å². The molecule has 1 heterocycles. The van der Waals surface area contributed by atoms with Crippen molar-refractivity contribution >= 4 is 11.8 Å². The van der Waals surface area contributed by atoms with Gasteiger partial charge in [-0.05, 0) is 42.5 Å². The third kappa shape index (κ3) is 5.75. The Kier molecular flexibility index (Phi) is 7.33. The SMILES string of the molecule is CC(C)CNC(=O)C(C)N(Cc1ccccc1)C(=O)CCc1ccc2c(c1)OCO2. The molecule has 0 radical (unpaired) electrons. The third-order valence-electron chi connectivity index (χ3n) is 5.11. The molecule has 160 valence electrons. The van der Waals surface area contributed by atoms with Crippen molar-refractivity contribution in [2.75, 3.05) is 13.3 Å². The highest BCUT2D eigenvalue weighted by atomic mass is 16.7. The molecule has 0 saturated heterocycles. The highest BCUT2D eigenvalue weighted by molar-refractivity contribution is 5.87. The second-order valence-electron chi connectivity index (χ2n) is 8.01. The van der Waals surface area contributed by atoms with E-state index in [4.69, 9.17) is 9.47 Å². The summed E-state index contributed by atoms with van der Waals surface area (Å²) in [7, 11) is 0. The second kappa shape index (κ2) is 10.1. The lowest BCUT2D eigenvalue weighted by molar-refractivity contribution is -0.140. The van der Waals surface area contributed by atoms with Crippen LogP contribution < -0.4 is 14.8 Å². The van der Waals surface area contributed by atoms with Gasteiger partial charge < -0.3 is 19.7 Å². The molecule has 0 fully saturated rings. The van der Waals surface area contributed by atoms with Crippen LogP contribution >= 0.6 is 0 Å². The maximum absolute atomic E-state index is 13.1. The fraction of sp³-hybridized carbons (Fsp3) is 0.417. The number of aryl methyl sites for hydroxylation is 1. The average molecular weight is 411 g/mol. The highest BCUT2D eigenvalue weighted by Gasteiger charge is 2.26. The van der Waals surface area contributed by atoms with E-state index in [-0.39, 0.29) is 18.6 Å². The topological polar surface area (TPSA) is 67.9 Å². The summed E-state index contributed by atoms with van der Waals surface area (Å²) in [6.45, 7) is 7.10. The number of ether oxygens (including phenoxy) is 2. The molecule has 6 nitrogen and oxygen atoms in total. The molecule has 2 amide bonds. The van der Waals surface area contributed by atoms with Gasteiger partial charge in [-0.25, -0.2) is 0 Å². The molecule has 1 N–H and O–H groups in total. The van der Waals surface area contributed by atoms with Gasteiger partial charge in [-0.1, -0.05) is 50.2 Å². The van der Waals surface area contributed by atoms with Crippen molar-refractivity contribution in [3.63, 3.8) is 0 Å². The molecule has 0 spiro atoms. The van der Waals surface area contributed by atoms with Crippen LogP contribution in [0.3, 0.4) is 0 Å². The fourth-order valence-corrected chi connectivity index (χ4v) is 3.31. The lowest BCUT2D eigenvalue weighted by Crippen LogP contribution is -2.48. The van der Waals surface area contributed by atoms with E-state index in [1.807, 2.05) is 62.4 Å². The van der Waals surface area contributed by atoms with Crippen molar-refractivity contribution in [2.45, 2.75) is 46.2 Å². The van der Waals surface area contributed by atoms with Gasteiger partial charge in [0.25, 0.3) is 0 Å². The zero-order valence-corrected chi connectivity index (χ0v) is 17.9. The lowest BCUT2D eigenvalue weighted by Gasteiger charge is -2.29. The first-order chi connectivity index (χ1) is 14.4. The van der Waals surface area contributed by atoms with Crippen LogP contribution in [0.1, 0.15) is 38.3 Å². The molecule has 2 aromatic rings. The first kappa shape index (κ1) is 21.7. The maximum Gasteiger partial charge on any atom is 0.242 e. The van der Waals surface area contributed by atoms with Gasteiger partial charge in [0.2, 0.25) is 18.6 Å². The van der Waals surface area contributed by atoms with Gasteiger partial charge in [-0.3, -0.25) is 9.59 Å². The van der Waals surface area contributed by atoms with Crippen LogP contribution in [-0.4, -0.2) is 36.1 Å². The number of carbonyl (C=O) groups is 2. The smallest absolute Gasteiger partial charge is 0.242 e. The van der Waals surface area contributed by atoms with Crippen LogP contribution in [-0.2, 0) is 22.6 Å². The van der Waals surface area contributed by atoms with Gasteiger partial charge in [0.05, 0.1) is 0 Å². The molecular formula is C24H30N2O4. The predicted octanol–water partition coefficient (Wildman–Crippen LogP) is 3.54. The number of nitrogens with zero attached hydrogens (tertiary/aromatic N) is 1. The Labute approximate surface area is 178 Å². The largest absolute Gasteiger partial charge is 0.454 e. The number of rotatable bonds is 9. The van der Waals surface area contributed by atoms with E-state index in [9.17, 15) is 9.59 Å². The number of amides is 2. The quantitative estimate of drug-likeness (QED) is 0.687. The zero-order chi connectivity index (χ0) is 21.5. The summed E-state index contributed by atoms with van der Waals surface area (Å²) >= 11 is 0. The third-order valence-corrected chi connectivity index (χ3v) is 5.11. The lowest BCUT2D eigenvalue weighted by atomic mass is 10.1. The summed E-state index contributed by atoms with van der Waals surface area (Å²) in [6.07, 6.45) is 0.884. The van der Waals surface area contributed by atoms with Gasteiger partial charge >= 0.3 is 0 Å². The molecule has 6 heteroatoms. The maximum atomic E-state index is 13.1. The van der Waals surface area contributed by atoms with Gasteiger partial charge in [0.1, 0.15) is 6.04 Å². The fourth-order valence-electron chi connectivity index (χ4n) is 3.31. The Morgan fingerprint density at radius 2 is 1.73 bits per heavy atom. The Bertz CT molecular complexity index is 867. The monoisotopic (exact) mass is 410 g/mol. The summed E-state index contributed by atoms with van der Waals surface area (Å²) in [5.74, 6) is 1.61. The average Bonchev–Trinajstić information content (AvgIpc) is 3.22. The van der Waals surface area contributed by atoms with Gasteiger partial charge in [0.15, 0.2) is 11.5 Å². The van der Waals surface area contributed by atoms with Gasteiger partial charge in [0, 0.05) is 19.5 Å².